The van der Waals surface area contributed by atoms with E-state index in [9.17, 15) is 14.0 Å². The molecule has 1 amide bonds. The minimum absolute atomic E-state index is 0.0740. The third-order valence-corrected chi connectivity index (χ3v) is 4.24. The summed E-state index contributed by atoms with van der Waals surface area (Å²) in [4.78, 5) is 23.7. The lowest BCUT2D eigenvalue weighted by Gasteiger charge is -2.28. The van der Waals surface area contributed by atoms with Crippen molar-refractivity contribution in [2.75, 3.05) is 13.7 Å². The second kappa shape index (κ2) is 6.41. The smallest absolute Gasteiger partial charge is 0.305 e. The van der Waals surface area contributed by atoms with Crippen molar-refractivity contribution >= 4 is 33.3 Å². The maximum Gasteiger partial charge on any atom is 0.305 e. The van der Waals surface area contributed by atoms with Gasteiger partial charge in [-0.1, -0.05) is 0 Å². The van der Waals surface area contributed by atoms with Crippen LogP contribution in [0.5, 0.6) is 0 Å². The largest absolute Gasteiger partial charge is 0.481 e. The number of hydrogen-bond donors (Lipinski definition) is 2. The molecule has 0 fully saturated rings. The number of carbonyl (C=O) groups is 2. The predicted molar refractivity (Wildman–Crippen MR) is 81.8 cm³/mol. The summed E-state index contributed by atoms with van der Waals surface area (Å²) >= 11 is 1.22. The topological polar surface area (TPSA) is 75.6 Å². The molecule has 1 atom stereocenters. The van der Waals surface area contributed by atoms with E-state index in [0.717, 1.165) is 4.70 Å². The number of hydrogen-bond acceptors (Lipinski definition) is 4. The minimum atomic E-state index is -1.03. The Kier molecular flexibility index (Phi) is 4.77. The van der Waals surface area contributed by atoms with E-state index in [4.69, 9.17) is 9.84 Å². The van der Waals surface area contributed by atoms with Crippen molar-refractivity contribution < 1.29 is 23.8 Å². The molecule has 0 radical (unpaired) electrons. The number of carboxylic acid groups (broad SMARTS) is 1. The number of halogens is 1. The third kappa shape index (κ3) is 3.80. The first-order chi connectivity index (χ1) is 10.3. The Morgan fingerprint density at radius 2 is 2.14 bits per heavy atom. The van der Waals surface area contributed by atoms with Crippen LogP contribution < -0.4 is 5.32 Å². The van der Waals surface area contributed by atoms with Gasteiger partial charge in [-0.25, -0.2) is 4.39 Å². The van der Waals surface area contributed by atoms with E-state index in [-0.39, 0.29) is 18.8 Å². The Morgan fingerprint density at radius 1 is 1.41 bits per heavy atom. The van der Waals surface area contributed by atoms with E-state index in [1.165, 1.54) is 30.6 Å². The van der Waals surface area contributed by atoms with Crippen LogP contribution >= 0.6 is 11.3 Å². The number of rotatable bonds is 6. The number of benzene rings is 1. The molecule has 0 saturated carbocycles. The normalized spacial score (nSPS) is 13.8. The fourth-order valence-electron chi connectivity index (χ4n) is 2.25. The summed E-state index contributed by atoms with van der Waals surface area (Å²) in [5.41, 5.74) is -1.01. The quantitative estimate of drug-likeness (QED) is 0.856. The molecule has 1 unspecified atom stereocenters. The number of thiophene rings is 1. The second-order valence-electron chi connectivity index (χ2n) is 5.31. The van der Waals surface area contributed by atoms with Crippen LogP contribution in [0.4, 0.5) is 4.39 Å². The van der Waals surface area contributed by atoms with Crippen molar-refractivity contribution in [2.24, 2.45) is 0 Å². The monoisotopic (exact) mass is 325 g/mol. The fraction of sp³-hybridized carbons (Fsp3) is 0.333. The molecule has 2 N–H and O–H groups in total. The summed E-state index contributed by atoms with van der Waals surface area (Å²) in [6, 6.07) is 5.89. The van der Waals surface area contributed by atoms with Crippen molar-refractivity contribution in [1.82, 2.24) is 5.32 Å². The second-order valence-corrected chi connectivity index (χ2v) is 6.39. The summed E-state index contributed by atoms with van der Waals surface area (Å²) < 4.78 is 19.0. The maximum absolute atomic E-state index is 13.2. The molecule has 7 heteroatoms. The third-order valence-electron chi connectivity index (χ3n) is 3.12. The summed E-state index contributed by atoms with van der Waals surface area (Å²) in [7, 11) is 1.44. The summed E-state index contributed by atoms with van der Waals surface area (Å²) in [6.45, 7) is 1.68. The highest BCUT2D eigenvalue weighted by Crippen LogP contribution is 2.26. The van der Waals surface area contributed by atoms with E-state index < -0.39 is 17.4 Å². The van der Waals surface area contributed by atoms with Crippen LogP contribution in [0.1, 0.15) is 23.0 Å². The lowest BCUT2D eigenvalue weighted by Crippen LogP contribution is -2.50. The SMILES string of the molecule is COCC(C)(CC(=O)O)NC(=O)c1cc2cc(F)ccc2s1. The summed E-state index contributed by atoms with van der Waals surface area (Å²) in [6.07, 6.45) is -0.258. The van der Waals surface area contributed by atoms with Gasteiger partial charge in [0.15, 0.2) is 0 Å². The molecule has 1 heterocycles. The first-order valence-electron chi connectivity index (χ1n) is 6.55. The van der Waals surface area contributed by atoms with Crippen LogP contribution in [-0.4, -0.2) is 36.2 Å². The van der Waals surface area contributed by atoms with Gasteiger partial charge in [-0.15, -0.1) is 11.3 Å². The first-order valence-corrected chi connectivity index (χ1v) is 7.37. The average Bonchev–Trinajstić information content (AvgIpc) is 2.80. The molecule has 118 valence electrons. The van der Waals surface area contributed by atoms with Gasteiger partial charge in [0.2, 0.25) is 0 Å². The van der Waals surface area contributed by atoms with Gasteiger partial charge in [-0.2, -0.15) is 0 Å². The van der Waals surface area contributed by atoms with Gasteiger partial charge in [0.05, 0.1) is 23.4 Å². The van der Waals surface area contributed by atoms with Gasteiger partial charge in [0, 0.05) is 11.8 Å². The van der Waals surface area contributed by atoms with Crippen molar-refractivity contribution in [1.29, 1.82) is 0 Å². The molecular formula is C15H16FNO4S. The molecule has 1 aromatic heterocycles. The Balaban J connectivity index is 2.22. The molecular weight excluding hydrogens is 309 g/mol. The number of nitrogens with one attached hydrogen (secondary N) is 1. The molecule has 0 spiro atoms. The molecule has 0 saturated heterocycles. The molecule has 0 bridgehead atoms. The van der Waals surface area contributed by atoms with Crippen LogP contribution in [0.25, 0.3) is 10.1 Å². The Hall–Kier alpha value is -1.99. The summed E-state index contributed by atoms with van der Waals surface area (Å²) in [5, 5.41) is 12.3. The van der Waals surface area contributed by atoms with E-state index in [1.807, 2.05) is 0 Å². The van der Waals surface area contributed by atoms with Crippen molar-refractivity contribution in [3.63, 3.8) is 0 Å². The van der Waals surface area contributed by atoms with Gasteiger partial charge in [0.25, 0.3) is 5.91 Å². The maximum atomic E-state index is 13.2. The van der Waals surface area contributed by atoms with Gasteiger partial charge >= 0.3 is 5.97 Å². The zero-order valence-electron chi connectivity index (χ0n) is 12.2. The van der Waals surface area contributed by atoms with Gasteiger partial charge in [-0.3, -0.25) is 9.59 Å². The van der Waals surface area contributed by atoms with Crippen molar-refractivity contribution in [2.45, 2.75) is 18.9 Å². The van der Waals surface area contributed by atoms with Gasteiger partial charge in [-0.05, 0) is 36.6 Å². The number of fused-ring (bicyclic) bond motifs is 1. The molecule has 2 aromatic rings. The van der Waals surface area contributed by atoms with Gasteiger partial charge < -0.3 is 15.2 Å². The highest BCUT2D eigenvalue weighted by atomic mass is 32.1. The molecule has 0 aliphatic rings. The van der Waals surface area contributed by atoms with E-state index in [0.29, 0.717) is 10.3 Å². The number of methoxy groups -OCH3 is 1. The van der Waals surface area contributed by atoms with Crippen LogP contribution in [0.2, 0.25) is 0 Å². The number of carboxylic acids is 1. The summed E-state index contributed by atoms with van der Waals surface area (Å²) in [5.74, 6) is -1.80. The Labute approximate surface area is 130 Å². The molecule has 0 aliphatic heterocycles. The molecule has 1 aromatic carbocycles. The predicted octanol–water partition coefficient (Wildman–Crippen LogP) is 2.65. The molecule has 5 nitrogen and oxygen atoms in total. The van der Waals surface area contributed by atoms with Crippen LogP contribution in [-0.2, 0) is 9.53 Å². The van der Waals surface area contributed by atoms with Crippen molar-refractivity contribution in [3.05, 3.63) is 35.0 Å². The fourth-order valence-corrected chi connectivity index (χ4v) is 3.18. The van der Waals surface area contributed by atoms with Gasteiger partial charge in [0.1, 0.15) is 5.82 Å². The molecule has 2 rings (SSSR count). The van der Waals surface area contributed by atoms with Crippen LogP contribution in [0, 0.1) is 5.82 Å². The standard InChI is InChI=1S/C15H16FNO4S/c1-15(8-21-2,7-13(18)19)17-14(20)12-6-9-5-10(16)3-4-11(9)22-12/h3-6H,7-8H2,1-2H3,(H,17,20)(H,18,19). The van der Waals surface area contributed by atoms with E-state index in [2.05, 4.69) is 5.32 Å². The van der Waals surface area contributed by atoms with E-state index >= 15 is 0 Å². The van der Waals surface area contributed by atoms with Crippen LogP contribution in [0.3, 0.4) is 0 Å². The number of carbonyl (C=O) groups excluding carboxylic acids is 1. The zero-order valence-corrected chi connectivity index (χ0v) is 13.0. The van der Waals surface area contributed by atoms with Crippen LogP contribution in [0.15, 0.2) is 24.3 Å². The number of amides is 1. The Morgan fingerprint density at radius 3 is 2.77 bits per heavy atom. The molecule has 22 heavy (non-hydrogen) atoms. The average molecular weight is 325 g/mol. The highest BCUT2D eigenvalue weighted by molar-refractivity contribution is 7.20. The highest BCUT2D eigenvalue weighted by Gasteiger charge is 2.30. The zero-order chi connectivity index (χ0) is 16.3. The Bertz CT molecular complexity index is 715. The number of aliphatic carboxylic acids is 1. The van der Waals surface area contributed by atoms with E-state index in [1.54, 1.807) is 19.1 Å². The first kappa shape index (κ1) is 16.4. The number of ether oxygens (including phenoxy) is 1. The lowest BCUT2D eigenvalue weighted by atomic mass is 9.99. The minimum Gasteiger partial charge on any atom is -0.481 e. The van der Waals surface area contributed by atoms with Crippen molar-refractivity contribution in [3.8, 4) is 0 Å². The molecule has 0 aliphatic carbocycles. The lowest BCUT2D eigenvalue weighted by molar-refractivity contribution is -0.139.